The van der Waals surface area contributed by atoms with Crippen LogP contribution < -0.4 is 19.5 Å². The number of carbonyl (C=O) groups is 1. The second-order valence-corrected chi connectivity index (χ2v) is 7.66. The van der Waals surface area contributed by atoms with Gasteiger partial charge in [0, 0.05) is 12.1 Å². The van der Waals surface area contributed by atoms with E-state index in [4.69, 9.17) is 14.2 Å². The smallest absolute Gasteiger partial charge is 0.251 e. The first-order valence-electron chi connectivity index (χ1n) is 11.5. The Kier molecular flexibility index (Phi) is 11.4. The third-order valence-electron chi connectivity index (χ3n) is 5.07. The third kappa shape index (κ3) is 8.91. The molecule has 0 aliphatic heterocycles. The van der Waals surface area contributed by atoms with Crippen LogP contribution in [0.15, 0.2) is 42.5 Å². The summed E-state index contributed by atoms with van der Waals surface area (Å²) in [5.41, 5.74) is 1.57. The normalized spacial score (nSPS) is 10.5. The lowest BCUT2D eigenvalue weighted by Gasteiger charge is -2.12. The van der Waals surface area contributed by atoms with E-state index in [0.717, 1.165) is 42.9 Å². The Hall–Kier alpha value is -2.69. The van der Waals surface area contributed by atoms with E-state index >= 15 is 0 Å². The number of hydrogen-bond acceptors (Lipinski definition) is 4. The summed E-state index contributed by atoms with van der Waals surface area (Å²) in [5, 5.41) is 2.95. The first kappa shape index (κ1) is 24.6. The SMILES string of the molecule is CCCCCCCOc1ccc(C(=O)NCc2ccc(OCCCC)c(OC)c2)cc1. The van der Waals surface area contributed by atoms with Gasteiger partial charge in [-0.1, -0.05) is 52.0 Å². The average molecular weight is 428 g/mol. The lowest BCUT2D eigenvalue weighted by molar-refractivity contribution is 0.0951. The monoisotopic (exact) mass is 427 g/mol. The van der Waals surface area contributed by atoms with Gasteiger partial charge >= 0.3 is 0 Å². The highest BCUT2D eigenvalue weighted by molar-refractivity contribution is 5.94. The molecule has 0 saturated carbocycles. The minimum absolute atomic E-state index is 0.117. The molecule has 0 aliphatic rings. The van der Waals surface area contributed by atoms with Crippen molar-refractivity contribution >= 4 is 5.91 Å². The minimum atomic E-state index is -0.117. The van der Waals surface area contributed by atoms with Crippen LogP contribution in [0.1, 0.15) is 74.7 Å². The van der Waals surface area contributed by atoms with Gasteiger partial charge in [0.25, 0.3) is 5.91 Å². The average Bonchev–Trinajstić information content (AvgIpc) is 2.80. The Bertz CT molecular complexity index is 773. The summed E-state index contributed by atoms with van der Waals surface area (Å²) in [6.45, 7) is 6.14. The van der Waals surface area contributed by atoms with Crippen LogP contribution in [-0.2, 0) is 6.54 Å². The molecule has 0 fully saturated rings. The number of ether oxygens (including phenoxy) is 3. The molecule has 0 spiro atoms. The van der Waals surface area contributed by atoms with Crippen molar-refractivity contribution in [3.8, 4) is 17.2 Å². The van der Waals surface area contributed by atoms with E-state index in [1.54, 1.807) is 19.2 Å². The zero-order valence-electron chi connectivity index (χ0n) is 19.2. The van der Waals surface area contributed by atoms with Gasteiger partial charge in [-0.2, -0.15) is 0 Å². The van der Waals surface area contributed by atoms with E-state index in [9.17, 15) is 4.79 Å². The van der Waals surface area contributed by atoms with Gasteiger partial charge in [0.2, 0.25) is 0 Å². The number of nitrogens with one attached hydrogen (secondary N) is 1. The summed E-state index contributed by atoms with van der Waals surface area (Å²) in [4.78, 5) is 12.5. The van der Waals surface area contributed by atoms with Crippen molar-refractivity contribution in [3.05, 3.63) is 53.6 Å². The van der Waals surface area contributed by atoms with Gasteiger partial charge in [-0.25, -0.2) is 0 Å². The summed E-state index contributed by atoms with van der Waals surface area (Å²) in [7, 11) is 1.62. The molecule has 2 rings (SSSR count). The number of hydrogen-bond donors (Lipinski definition) is 1. The molecule has 0 aromatic heterocycles. The van der Waals surface area contributed by atoms with Crippen molar-refractivity contribution in [2.75, 3.05) is 20.3 Å². The predicted octanol–water partition coefficient (Wildman–Crippen LogP) is 6.15. The molecule has 0 radical (unpaired) electrons. The first-order valence-corrected chi connectivity index (χ1v) is 11.5. The van der Waals surface area contributed by atoms with Crippen molar-refractivity contribution in [1.82, 2.24) is 5.32 Å². The number of rotatable bonds is 15. The summed E-state index contributed by atoms with van der Waals surface area (Å²) in [6, 6.07) is 13.0. The molecule has 0 atom stereocenters. The first-order chi connectivity index (χ1) is 15.2. The van der Waals surface area contributed by atoms with Gasteiger partial charge in [-0.15, -0.1) is 0 Å². The van der Waals surface area contributed by atoms with Crippen LogP contribution in [0, 0.1) is 0 Å². The molecular formula is C26H37NO4. The number of unbranched alkanes of at least 4 members (excludes halogenated alkanes) is 5. The topological polar surface area (TPSA) is 56.8 Å². The predicted molar refractivity (Wildman–Crippen MR) is 125 cm³/mol. The van der Waals surface area contributed by atoms with Gasteiger partial charge in [-0.05, 0) is 54.8 Å². The highest BCUT2D eigenvalue weighted by atomic mass is 16.5. The molecule has 0 unspecified atom stereocenters. The van der Waals surface area contributed by atoms with Crippen LogP contribution >= 0.6 is 0 Å². The summed E-state index contributed by atoms with van der Waals surface area (Å²) in [5.74, 6) is 2.09. The van der Waals surface area contributed by atoms with Crippen LogP contribution in [0.2, 0.25) is 0 Å². The van der Waals surface area contributed by atoms with E-state index in [0.29, 0.717) is 24.5 Å². The highest BCUT2D eigenvalue weighted by Crippen LogP contribution is 2.28. The lowest BCUT2D eigenvalue weighted by atomic mass is 10.1. The highest BCUT2D eigenvalue weighted by Gasteiger charge is 2.09. The van der Waals surface area contributed by atoms with Gasteiger partial charge in [0.1, 0.15) is 5.75 Å². The molecule has 0 bridgehead atoms. The molecule has 170 valence electrons. The van der Waals surface area contributed by atoms with Gasteiger partial charge < -0.3 is 19.5 Å². The molecule has 2 aromatic carbocycles. The fraction of sp³-hybridized carbons (Fsp3) is 0.500. The Balaban J connectivity index is 1.80. The fourth-order valence-electron chi connectivity index (χ4n) is 3.15. The van der Waals surface area contributed by atoms with E-state index in [2.05, 4.69) is 19.2 Å². The summed E-state index contributed by atoms with van der Waals surface area (Å²) in [6.07, 6.45) is 8.14. The minimum Gasteiger partial charge on any atom is -0.494 e. The Morgan fingerprint density at radius 3 is 2.23 bits per heavy atom. The molecule has 5 heteroatoms. The van der Waals surface area contributed by atoms with E-state index in [1.807, 2.05) is 30.3 Å². The second-order valence-electron chi connectivity index (χ2n) is 7.66. The van der Waals surface area contributed by atoms with E-state index in [-0.39, 0.29) is 5.91 Å². The molecule has 1 N–H and O–H groups in total. The summed E-state index contributed by atoms with van der Waals surface area (Å²) < 4.78 is 17.0. The maximum absolute atomic E-state index is 12.5. The van der Waals surface area contributed by atoms with Crippen LogP contribution in [-0.4, -0.2) is 26.2 Å². The quantitative estimate of drug-likeness (QED) is 0.346. The van der Waals surface area contributed by atoms with E-state index in [1.165, 1.54) is 25.7 Å². The van der Waals surface area contributed by atoms with Gasteiger partial charge in [0.05, 0.1) is 20.3 Å². The second kappa shape index (κ2) is 14.3. The summed E-state index contributed by atoms with van der Waals surface area (Å²) >= 11 is 0. The fourth-order valence-corrected chi connectivity index (χ4v) is 3.15. The Labute approximate surface area is 187 Å². The number of amides is 1. The molecular weight excluding hydrogens is 390 g/mol. The maximum Gasteiger partial charge on any atom is 0.251 e. The Morgan fingerprint density at radius 2 is 1.52 bits per heavy atom. The van der Waals surface area contributed by atoms with Crippen LogP contribution in [0.4, 0.5) is 0 Å². The Morgan fingerprint density at radius 1 is 0.806 bits per heavy atom. The van der Waals surface area contributed by atoms with Crippen molar-refractivity contribution in [3.63, 3.8) is 0 Å². The standard InChI is InChI=1S/C26H37NO4/c1-4-6-8-9-10-18-30-23-14-12-22(13-15-23)26(28)27-20-21-11-16-24(25(19-21)29-3)31-17-7-5-2/h11-16,19H,4-10,17-18,20H2,1-3H3,(H,27,28). The third-order valence-corrected chi connectivity index (χ3v) is 5.07. The molecule has 5 nitrogen and oxygen atoms in total. The van der Waals surface area contributed by atoms with Crippen LogP contribution in [0.5, 0.6) is 17.2 Å². The molecule has 1 amide bonds. The van der Waals surface area contributed by atoms with E-state index < -0.39 is 0 Å². The zero-order valence-corrected chi connectivity index (χ0v) is 19.2. The lowest BCUT2D eigenvalue weighted by Crippen LogP contribution is -2.22. The van der Waals surface area contributed by atoms with Crippen molar-refractivity contribution in [2.24, 2.45) is 0 Å². The zero-order chi connectivity index (χ0) is 22.3. The molecule has 0 heterocycles. The van der Waals surface area contributed by atoms with Crippen molar-refractivity contribution in [2.45, 2.75) is 65.3 Å². The van der Waals surface area contributed by atoms with Crippen LogP contribution in [0.25, 0.3) is 0 Å². The van der Waals surface area contributed by atoms with Gasteiger partial charge in [-0.3, -0.25) is 4.79 Å². The van der Waals surface area contributed by atoms with Crippen LogP contribution in [0.3, 0.4) is 0 Å². The molecule has 31 heavy (non-hydrogen) atoms. The number of methoxy groups -OCH3 is 1. The molecule has 2 aromatic rings. The number of carbonyl (C=O) groups excluding carboxylic acids is 1. The van der Waals surface area contributed by atoms with Gasteiger partial charge in [0.15, 0.2) is 11.5 Å². The molecule has 0 saturated heterocycles. The van der Waals surface area contributed by atoms with Crippen molar-refractivity contribution < 1.29 is 19.0 Å². The molecule has 0 aliphatic carbocycles. The number of benzene rings is 2. The largest absolute Gasteiger partial charge is 0.494 e. The van der Waals surface area contributed by atoms with Crippen molar-refractivity contribution in [1.29, 1.82) is 0 Å². The maximum atomic E-state index is 12.5.